The zero-order valence-electron chi connectivity index (χ0n) is 12.7. The van der Waals surface area contributed by atoms with Crippen molar-refractivity contribution in [1.82, 2.24) is 10.6 Å². The first-order valence-electron chi connectivity index (χ1n) is 6.93. The Balaban J connectivity index is 2.11. The highest BCUT2D eigenvalue weighted by Gasteiger charge is 2.05. The predicted octanol–water partition coefficient (Wildman–Crippen LogP) is 3.08. The van der Waals surface area contributed by atoms with Crippen LogP contribution in [0.3, 0.4) is 0 Å². The van der Waals surface area contributed by atoms with E-state index in [1.807, 2.05) is 55.6 Å². The van der Waals surface area contributed by atoms with E-state index in [4.69, 9.17) is 4.74 Å². The molecule has 0 heterocycles. The average molecular weight is 283 g/mol. The van der Waals surface area contributed by atoms with Gasteiger partial charge >= 0.3 is 0 Å². The van der Waals surface area contributed by atoms with E-state index >= 15 is 0 Å². The molecule has 0 aromatic heterocycles. The van der Waals surface area contributed by atoms with Crippen LogP contribution in [0.4, 0.5) is 0 Å². The van der Waals surface area contributed by atoms with Gasteiger partial charge in [-0.25, -0.2) is 0 Å². The summed E-state index contributed by atoms with van der Waals surface area (Å²) in [7, 11) is 3.58. The van der Waals surface area contributed by atoms with Crippen LogP contribution < -0.4 is 15.4 Å². The van der Waals surface area contributed by atoms with E-state index in [0.717, 1.165) is 23.0 Å². The molecule has 0 fully saturated rings. The van der Waals surface area contributed by atoms with Gasteiger partial charge in [-0.2, -0.15) is 0 Å². The fourth-order valence-electron chi connectivity index (χ4n) is 1.94. The number of guanidine groups is 1. The summed E-state index contributed by atoms with van der Waals surface area (Å²) in [6, 6.07) is 16.0. The molecule has 0 saturated heterocycles. The van der Waals surface area contributed by atoms with Crippen LogP contribution in [-0.4, -0.2) is 20.1 Å². The summed E-state index contributed by atoms with van der Waals surface area (Å²) < 4.78 is 5.96. The summed E-state index contributed by atoms with van der Waals surface area (Å²) in [5.41, 5.74) is 2.30. The lowest BCUT2D eigenvalue weighted by Gasteiger charge is -2.13. The third kappa shape index (κ3) is 4.24. The molecule has 2 aromatic carbocycles. The third-order valence-electron chi connectivity index (χ3n) is 3.13. The van der Waals surface area contributed by atoms with Crippen LogP contribution in [0, 0.1) is 6.92 Å². The number of hydrogen-bond donors (Lipinski definition) is 2. The highest BCUT2D eigenvalue weighted by atomic mass is 16.5. The second-order valence-electron chi connectivity index (χ2n) is 4.70. The maximum atomic E-state index is 5.96. The van der Waals surface area contributed by atoms with Crippen LogP contribution in [0.15, 0.2) is 53.5 Å². The molecule has 2 rings (SSSR count). The molecule has 0 spiro atoms. The molecule has 110 valence electrons. The SMILES string of the molecule is CN=C(NC)NCc1ccccc1Oc1ccc(C)cc1. The number of hydrogen-bond acceptors (Lipinski definition) is 2. The molecule has 0 amide bonds. The smallest absolute Gasteiger partial charge is 0.190 e. The van der Waals surface area contributed by atoms with Crippen LogP contribution in [0.25, 0.3) is 0 Å². The lowest BCUT2D eigenvalue weighted by atomic mass is 10.2. The highest BCUT2D eigenvalue weighted by molar-refractivity contribution is 5.79. The topological polar surface area (TPSA) is 45.7 Å². The van der Waals surface area contributed by atoms with Gasteiger partial charge in [0.25, 0.3) is 0 Å². The van der Waals surface area contributed by atoms with Gasteiger partial charge in [-0.15, -0.1) is 0 Å². The van der Waals surface area contributed by atoms with Crippen LogP contribution in [0.1, 0.15) is 11.1 Å². The van der Waals surface area contributed by atoms with Crippen LogP contribution in [-0.2, 0) is 6.54 Å². The molecule has 0 aliphatic carbocycles. The van der Waals surface area contributed by atoms with Gasteiger partial charge in [-0.3, -0.25) is 4.99 Å². The van der Waals surface area contributed by atoms with Crippen molar-refractivity contribution in [2.75, 3.05) is 14.1 Å². The molecule has 0 aliphatic heterocycles. The standard InChI is InChI=1S/C17H21N3O/c1-13-8-10-15(11-9-13)21-16-7-5-4-6-14(16)12-20-17(18-2)19-3/h4-11H,12H2,1-3H3,(H2,18,19,20). The number of nitrogens with zero attached hydrogens (tertiary/aromatic N) is 1. The van der Waals surface area contributed by atoms with E-state index in [1.54, 1.807) is 7.05 Å². The van der Waals surface area contributed by atoms with Crippen molar-refractivity contribution in [3.63, 3.8) is 0 Å². The summed E-state index contributed by atoms with van der Waals surface area (Å²) in [5, 5.41) is 6.22. The minimum atomic E-state index is 0.648. The van der Waals surface area contributed by atoms with Gasteiger partial charge in [-0.1, -0.05) is 35.9 Å². The minimum Gasteiger partial charge on any atom is -0.457 e. The van der Waals surface area contributed by atoms with Gasteiger partial charge in [0.1, 0.15) is 11.5 Å². The van der Waals surface area contributed by atoms with Gasteiger partial charge in [0, 0.05) is 26.2 Å². The normalized spacial score (nSPS) is 11.1. The van der Waals surface area contributed by atoms with Crippen molar-refractivity contribution < 1.29 is 4.74 Å². The molecular formula is C17H21N3O. The first-order valence-corrected chi connectivity index (χ1v) is 6.93. The van der Waals surface area contributed by atoms with Gasteiger partial charge in [0.15, 0.2) is 5.96 Å². The number of para-hydroxylation sites is 1. The number of aliphatic imine (C=N–C) groups is 1. The lowest BCUT2D eigenvalue weighted by Crippen LogP contribution is -2.34. The van der Waals surface area contributed by atoms with Gasteiger partial charge < -0.3 is 15.4 Å². The second kappa shape index (κ2) is 7.33. The van der Waals surface area contributed by atoms with Crippen molar-refractivity contribution >= 4 is 5.96 Å². The Morgan fingerprint density at radius 1 is 1.10 bits per heavy atom. The van der Waals surface area contributed by atoms with Crippen molar-refractivity contribution in [3.05, 3.63) is 59.7 Å². The number of aryl methyl sites for hydroxylation is 1. The Kier molecular flexibility index (Phi) is 5.21. The Morgan fingerprint density at radius 2 is 1.81 bits per heavy atom. The maximum absolute atomic E-state index is 5.96. The monoisotopic (exact) mass is 283 g/mol. The van der Waals surface area contributed by atoms with Crippen molar-refractivity contribution in [3.8, 4) is 11.5 Å². The summed E-state index contributed by atoms with van der Waals surface area (Å²) in [5.74, 6) is 2.44. The molecule has 4 nitrogen and oxygen atoms in total. The van der Waals surface area contributed by atoms with E-state index < -0.39 is 0 Å². The molecule has 0 aliphatic rings. The van der Waals surface area contributed by atoms with Gasteiger partial charge in [0.05, 0.1) is 0 Å². The first-order chi connectivity index (χ1) is 10.2. The fourth-order valence-corrected chi connectivity index (χ4v) is 1.94. The minimum absolute atomic E-state index is 0.648. The quantitative estimate of drug-likeness (QED) is 0.669. The molecular weight excluding hydrogens is 262 g/mol. The first kappa shape index (κ1) is 14.9. The summed E-state index contributed by atoms with van der Waals surface area (Å²) in [6.07, 6.45) is 0. The molecule has 2 N–H and O–H groups in total. The Bertz CT molecular complexity index is 606. The van der Waals surface area contributed by atoms with E-state index in [9.17, 15) is 0 Å². The molecule has 2 aromatic rings. The summed E-state index contributed by atoms with van der Waals surface area (Å²) >= 11 is 0. The number of nitrogens with one attached hydrogen (secondary N) is 2. The van der Waals surface area contributed by atoms with Crippen molar-refractivity contribution in [2.24, 2.45) is 4.99 Å². The molecule has 0 unspecified atom stereocenters. The molecule has 0 radical (unpaired) electrons. The largest absolute Gasteiger partial charge is 0.457 e. The van der Waals surface area contributed by atoms with E-state index in [-0.39, 0.29) is 0 Å². The predicted molar refractivity (Wildman–Crippen MR) is 87.0 cm³/mol. The molecule has 0 saturated carbocycles. The molecule has 0 atom stereocenters. The molecule has 4 heteroatoms. The molecule has 0 bridgehead atoms. The number of rotatable bonds is 4. The lowest BCUT2D eigenvalue weighted by molar-refractivity contribution is 0.475. The van der Waals surface area contributed by atoms with E-state index in [0.29, 0.717) is 6.54 Å². The molecule has 21 heavy (non-hydrogen) atoms. The maximum Gasteiger partial charge on any atom is 0.190 e. The third-order valence-corrected chi connectivity index (χ3v) is 3.13. The van der Waals surface area contributed by atoms with Gasteiger partial charge in [0.2, 0.25) is 0 Å². The van der Waals surface area contributed by atoms with Crippen molar-refractivity contribution in [1.29, 1.82) is 0 Å². The summed E-state index contributed by atoms with van der Waals surface area (Å²) in [6.45, 7) is 2.71. The highest BCUT2D eigenvalue weighted by Crippen LogP contribution is 2.25. The van der Waals surface area contributed by atoms with E-state index in [1.165, 1.54) is 5.56 Å². The number of benzene rings is 2. The van der Waals surface area contributed by atoms with Gasteiger partial charge in [-0.05, 0) is 25.1 Å². The Morgan fingerprint density at radius 3 is 2.48 bits per heavy atom. The van der Waals surface area contributed by atoms with Crippen LogP contribution >= 0.6 is 0 Å². The summed E-state index contributed by atoms with van der Waals surface area (Å²) in [4.78, 5) is 4.10. The Hall–Kier alpha value is -2.49. The van der Waals surface area contributed by atoms with Crippen molar-refractivity contribution in [2.45, 2.75) is 13.5 Å². The zero-order valence-corrected chi connectivity index (χ0v) is 12.7. The van der Waals surface area contributed by atoms with Crippen LogP contribution in [0.2, 0.25) is 0 Å². The zero-order chi connectivity index (χ0) is 15.1. The number of ether oxygens (including phenoxy) is 1. The fraction of sp³-hybridized carbons (Fsp3) is 0.235. The van der Waals surface area contributed by atoms with E-state index in [2.05, 4.69) is 22.5 Å². The Labute approximate surface area is 125 Å². The average Bonchev–Trinajstić information content (AvgIpc) is 2.52. The second-order valence-corrected chi connectivity index (χ2v) is 4.70. The van der Waals surface area contributed by atoms with Crippen LogP contribution in [0.5, 0.6) is 11.5 Å².